The van der Waals surface area contributed by atoms with Gasteiger partial charge in [-0.25, -0.2) is 4.79 Å². The number of carbonyl (C=O) groups is 2. The third kappa shape index (κ3) is 2.79. The van der Waals surface area contributed by atoms with Crippen LogP contribution in [0.5, 0.6) is 0 Å². The Morgan fingerprint density at radius 3 is 2.52 bits per heavy atom. The van der Waals surface area contributed by atoms with Crippen molar-refractivity contribution in [3.63, 3.8) is 0 Å². The van der Waals surface area contributed by atoms with E-state index in [1.165, 1.54) is 0 Å². The van der Waals surface area contributed by atoms with E-state index in [0.717, 1.165) is 5.56 Å². The number of amides is 1. The Morgan fingerprint density at radius 1 is 1.29 bits per heavy atom. The first-order chi connectivity index (χ1) is 10.1. The molecule has 1 fully saturated rings. The predicted octanol–water partition coefficient (Wildman–Crippen LogP) is 1.28. The number of carboxylic acids is 1. The van der Waals surface area contributed by atoms with E-state index in [-0.39, 0.29) is 5.91 Å². The minimum atomic E-state index is -1.05. The SMILES string of the molecule is O=C(NC1(C(=O)O)CC1)c1ccc(Cn2cccn2)cc1. The molecule has 1 amide bonds. The third-order valence-corrected chi connectivity index (χ3v) is 3.63. The maximum atomic E-state index is 12.0. The molecule has 0 unspecified atom stereocenters. The van der Waals surface area contributed by atoms with Gasteiger partial charge in [-0.1, -0.05) is 12.1 Å². The van der Waals surface area contributed by atoms with Crippen molar-refractivity contribution in [2.45, 2.75) is 24.9 Å². The fourth-order valence-corrected chi connectivity index (χ4v) is 2.15. The molecule has 1 saturated carbocycles. The van der Waals surface area contributed by atoms with Crippen molar-refractivity contribution < 1.29 is 14.7 Å². The van der Waals surface area contributed by atoms with Gasteiger partial charge >= 0.3 is 5.97 Å². The Labute approximate surface area is 121 Å². The van der Waals surface area contributed by atoms with Crippen molar-refractivity contribution in [1.29, 1.82) is 0 Å². The standard InChI is InChI=1S/C15H15N3O3/c19-13(17-15(6-7-15)14(20)21)12-4-2-11(3-5-12)10-18-9-1-8-16-18/h1-5,8-9H,6-7,10H2,(H,17,19)(H,20,21). The Balaban J connectivity index is 1.66. The molecule has 0 saturated heterocycles. The van der Waals surface area contributed by atoms with Crippen LogP contribution in [-0.2, 0) is 11.3 Å². The van der Waals surface area contributed by atoms with Crippen molar-refractivity contribution in [3.05, 3.63) is 53.9 Å². The zero-order chi connectivity index (χ0) is 14.9. The topological polar surface area (TPSA) is 84.2 Å². The summed E-state index contributed by atoms with van der Waals surface area (Å²) in [5.74, 6) is -1.31. The van der Waals surface area contributed by atoms with Gasteiger partial charge in [0.1, 0.15) is 5.54 Å². The van der Waals surface area contributed by atoms with Crippen LogP contribution in [0.2, 0.25) is 0 Å². The normalized spacial score (nSPS) is 15.4. The van der Waals surface area contributed by atoms with Gasteiger partial charge in [-0.05, 0) is 36.6 Å². The van der Waals surface area contributed by atoms with Crippen LogP contribution in [0.15, 0.2) is 42.7 Å². The lowest BCUT2D eigenvalue weighted by Gasteiger charge is -2.12. The van der Waals surface area contributed by atoms with Gasteiger partial charge in [0.15, 0.2) is 0 Å². The van der Waals surface area contributed by atoms with Crippen molar-refractivity contribution in [2.75, 3.05) is 0 Å². The molecule has 2 N–H and O–H groups in total. The summed E-state index contributed by atoms with van der Waals surface area (Å²) < 4.78 is 1.79. The Morgan fingerprint density at radius 2 is 2.00 bits per heavy atom. The molecule has 0 spiro atoms. The summed E-state index contributed by atoms with van der Waals surface area (Å²) in [6, 6.07) is 8.94. The number of aliphatic carboxylic acids is 1. The number of aromatic nitrogens is 2. The summed E-state index contributed by atoms with van der Waals surface area (Å²) >= 11 is 0. The maximum absolute atomic E-state index is 12.0. The fraction of sp³-hybridized carbons (Fsp3) is 0.267. The smallest absolute Gasteiger partial charge is 0.329 e. The monoisotopic (exact) mass is 285 g/mol. The molecule has 6 heteroatoms. The minimum absolute atomic E-state index is 0.347. The molecule has 0 atom stereocenters. The average molecular weight is 285 g/mol. The second-order valence-corrected chi connectivity index (χ2v) is 5.24. The summed E-state index contributed by atoms with van der Waals surface area (Å²) in [5, 5.41) is 15.8. The summed E-state index contributed by atoms with van der Waals surface area (Å²) in [6.45, 7) is 0.633. The molecular weight excluding hydrogens is 270 g/mol. The Bertz CT molecular complexity index is 658. The van der Waals surface area contributed by atoms with Crippen LogP contribution in [0.3, 0.4) is 0 Å². The van der Waals surface area contributed by atoms with Gasteiger partial charge in [-0.15, -0.1) is 0 Å². The zero-order valence-electron chi connectivity index (χ0n) is 11.3. The number of carboxylic acid groups (broad SMARTS) is 1. The second-order valence-electron chi connectivity index (χ2n) is 5.24. The number of nitrogens with zero attached hydrogens (tertiary/aromatic N) is 2. The van der Waals surface area contributed by atoms with Gasteiger partial charge in [0.25, 0.3) is 5.91 Å². The number of nitrogens with one attached hydrogen (secondary N) is 1. The Kier molecular flexibility index (Phi) is 3.21. The molecule has 0 radical (unpaired) electrons. The van der Waals surface area contributed by atoms with Crippen LogP contribution in [0.25, 0.3) is 0 Å². The summed E-state index contributed by atoms with van der Waals surface area (Å²) in [7, 11) is 0. The molecule has 1 aromatic carbocycles. The van der Waals surface area contributed by atoms with E-state index in [0.29, 0.717) is 24.9 Å². The van der Waals surface area contributed by atoms with Crippen LogP contribution in [0.4, 0.5) is 0 Å². The molecule has 0 aliphatic heterocycles. The van der Waals surface area contributed by atoms with Gasteiger partial charge in [-0.3, -0.25) is 9.48 Å². The van der Waals surface area contributed by atoms with Gasteiger partial charge in [0, 0.05) is 18.0 Å². The third-order valence-electron chi connectivity index (χ3n) is 3.63. The summed E-state index contributed by atoms with van der Waals surface area (Å²) in [6.07, 6.45) is 4.56. The van der Waals surface area contributed by atoms with Crippen LogP contribution in [0, 0.1) is 0 Å². The first-order valence-corrected chi connectivity index (χ1v) is 6.71. The highest BCUT2D eigenvalue weighted by Gasteiger charge is 2.51. The highest BCUT2D eigenvalue weighted by Crippen LogP contribution is 2.35. The van der Waals surface area contributed by atoms with Crippen molar-refractivity contribution >= 4 is 11.9 Å². The van der Waals surface area contributed by atoms with Crippen molar-refractivity contribution in [1.82, 2.24) is 15.1 Å². The van der Waals surface area contributed by atoms with Gasteiger partial charge < -0.3 is 10.4 Å². The van der Waals surface area contributed by atoms with E-state index >= 15 is 0 Å². The van der Waals surface area contributed by atoms with Crippen LogP contribution in [0.1, 0.15) is 28.8 Å². The first-order valence-electron chi connectivity index (χ1n) is 6.71. The number of carbonyl (C=O) groups excluding carboxylic acids is 1. The fourth-order valence-electron chi connectivity index (χ4n) is 2.15. The summed E-state index contributed by atoms with van der Waals surface area (Å²) in [4.78, 5) is 23.1. The molecule has 1 heterocycles. The average Bonchev–Trinajstić information content (AvgIpc) is 3.07. The predicted molar refractivity (Wildman–Crippen MR) is 74.8 cm³/mol. The maximum Gasteiger partial charge on any atom is 0.329 e. The number of benzene rings is 1. The molecule has 1 aromatic heterocycles. The molecule has 21 heavy (non-hydrogen) atoms. The van der Waals surface area contributed by atoms with Crippen LogP contribution < -0.4 is 5.32 Å². The van der Waals surface area contributed by atoms with Gasteiger partial charge in [-0.2, -0.15) is 5.10 Å². The molecular formula is C15H15N3O3. The molecule has 1 aliphatic rings. The Hall–Kier alpha value is -2.63. The summed E-state index contributed by atoms with van der Waals surface area (Å²) in [5.41, 5.74) is 0.437. The number of hydrogen-bond acceptors (Lipinski definition) is 3. The van der Waals surface area contributed by atoms with E-state index in [1.807, 2.05) is 24.4 Å². The van der Waals surface area contributed by atoms with E-state index in [9.17, 15) is 9.59 Å². The largest absolute Gasteiger partial charge is 0.480 e. The number of rotatable bonds is 5. The van der Waals surface area contributed by atoms with E-state index in [1.54, 1.807) is 23.0 Å². The van der Waals surface area contributed by atoms with E-state index in [4.69, 9.17) is 5.11 Å². The lowest BCUT2D eigenvalue weighted by molar-refractivity contribution is -0.140. The molecule has 1 aliphatic carbocycles. The lowest BCUT2D eigenvalue weighted by atomic mass is 10.1. The van der Waals surface area contributed by atoms with Crippen molar-refractivity contribution in [3.8, 4) is 0 Å². The van der Waals surface area contributed by atoms with Gasteiger partial charge in [0.2, 0.25) is 0 Å². The molecule has 2 aromatic rings. The minimum Gasteiger partial charge on any atom is -0.480 e. The van der Waals surface area contributed by atoms with Gasteiger partial charge in [0.05, 0.1) is 6.54 Å². The van der Waals surface area contributed by atoms with Crippen LogP contribution >= 0.6 is 0 Å². The molecule has 108 valence electrons. The molecule has 3 rings (SSSR count). The second kappa shape index (κ2) is 5.05. The first kappa shape index (κ1) is 13.4. The molecule has 0 bridgehead atoms. The quantitative estimate of drug-likeness (QED) is 0.866. The lowest BCUT2D eigenvalue weighted by Crippen LogP contribution is -2.43. The molecule has 6 nitrogen and oxygen atoms in total. The zero-order valence-corrected chi connectivity index (χ0v) is 11.3. The van der Waals surface area contributed by atoms with Crippen LogP contribution in [-0.4, -0.2) is 32.3 Å². The number of hydrogen-bond donors (Lipinski definition) is 2. The highest BCUT2D eigenvalue weighted by atomic mass is 16.4. The van der Waals surface area contributed by atoms with Crippen molar-refractivity contribution in [2.24, 2.45) is 0 Å². The highest BCUT2D eigenvalue weighted by molar-refractivity contribution is 5.98. The van der Waals surface area contributed by atoms with E-state index < -0.39 is 11.5 Å². The van der Waals surface area contributed by atoms with E-state index in [2.05, 4.69) is 10.4 Å².